The summed E-state index contributed by atoms with van der Waals surface area (Å²) in [5.74, 6) is -0.0183. The highest BCUT2D eigenvalue weighted by Gasteiger charge is 2.19. The average molecular weight is 464 g/mol. The Balaban J connectivity index is 1.55. The van der Waals surface area contributed by atoms with Crippen molar-refractivity contribution in [1.82, 2.24) is 5.32 Å². The van der Waals surface area contributed by atoms with Crippen LogP contribution in [0.4, 0.5) is 16.2 Å². The first-order valence-electron chi connectivity index (χ1n) is 11.1. The topological polar surface area (TPSA) is 103 Å². The summed E-state index contributed by atoms with van der Waals surface area (Å²) in [6.07, 6.45) is -0.491. The minimum atomic E-state index is -0.491. The number of carbonyl (C=O) groups is 1. The number of ether oxygens (including phenoxy) is 2. The number of rotatable bonds is 12. The molecule has 0 saturated heterocycles. The molecule has 2 N–H and O–H groups in total. The Bertz CT molecular complexity index is 1030. The third kappa shape index (κ3) is 8.22. The zero-order valence-electron chi connectivity index (χ0n) is 19.1. The zero-order chi connectivity index (χ0) is 24.2. The maximum absolute atomic E-state index is 12.2. The molecule has 3 rings (SSSR count). The van der Waals surface area contributed by atoms with E-state index in [1.807, 2.05) is 67.6 Å². The number of hydrogen-bond donors (Lipinski definition) is 2. The lowest BCUT2D eigenvalue weighted by atomic mass is 10.0. The summed E-state index contributed by atoms with van der Waals surface area (Å²) in [6.45, 7) is 3.40. The van der Waals surface area contributed by atoms with Gasteiger partial charge in [-0.15, -0.1) is 0 Å². The number of amides is 1. The monoisotopic (exact) mass is 463 g/mol. The molecule has 34 heavy (non-hydrogen) atoms. The van der Waals surface area contributed by atoms with E-state index in [1.54, 1.807) is 12.1 Å². The lowest BCUT2D eigenvalue weighted by Gasteiger charge is -2.26. The number of nitrogens with one attached hydrogen (secondary N) is 2. The Morgan fingerprint density at radius 1 is 0.912 bits per heavy atom. The van der Waals surface area contributed by atoms with E-state index in [0.29, 0.717) is 19.8 Å². The van der Waals surface area contributed by atoms with E-state index in [4.69, 9.17) is 9.47 Å². The van der Waals surface area contributed by atoms with Crippen molar-refractivity contribution in [3.8, 4) is 0 Å². The van der Waals surface area contributed by atoms with Crippen LogP contribution >= 0.6 is 0 Å². The van der Waals surface area contributed by atoms with E-state index < -0.39 is 11.0 Å². The molecule has 2 atom stereocenters. The fraction of sp³-hybridized carbons (Fsp3) is 0.269. The van der Waals surface area contributed by atoms with E-state index >= 15 is 0 Å². The fourth-order valence-electron chi connectivity index (χ4n) is 3.28. The fourth-order valence-corrected chi connectivity index (χ4v) is 3.28. The van der Waals surface area contributed by atoms with Gasteiger partial charge in [0.1, 0.15) is 6.61 Å². The quantitative estimate of drug-likeness (QED) is 0.284. The SMILES string of the molecule is C[C@@H](CNC(=O)OCc1ccccc1)[C@@H](COCc1ccccc1)Nc1ccc([N+](=O)[O-])cc1. The minimum absolute atomic E-state index is 0.0183. The molecular weight excluding hydrogens is 434 g/mol. The number of nitrogens with zero attached hydrogens (tertiary/aromatic N) is 1. The second-order valence-electron chi connectivity index (χ2n) is 7.98. The Morgan fingerprint density at radius 2 is 1.50 bits per heavy atom. The van der Waals surface area contributed by atoms with Crippen molar-refractivity contribution < 1.29 is 19.2 Å². The van der Waals surface area contributed by atoms with Gasteiger partial charge in [-0.05, 0) is 29.2 Å². The van der Waals surface area contributed by atoms with Gasteiger partial charge < -0.3 is 20.1 Å². The summed E-state index contributed by atoms with van der Waals surface area (Å²) in [4.78, 5) is 22.6. The third-order valence-electron chi connectivity index (χ3n) is 5.31. The molecule has 0 radical (unpaired) electrons. The van der Waals surface area contributed by atoms with Gasteiger partial charge >= 0.3 is 6.09 Å². The van der Waals surface area contributed by atoms with E-state index in [9.17, 15) is 14.9 Å². The summed E-state index contributed by atoms with van der Waals surface area (Å²) >= 11 is 0. The van der Waals surface area contributed by atoms with E-state index in [-0.39, 0.29) is 24.3 Å². The highest BCUT2D eigenvalue weighted by molar-refractivity contribution is 5.67. The van der Waals surface area contributed by atoms with Crippen LogP contribution in [0.3, 0.4) is 0 Å². The molecule has 0 aliphatic rings. The largest absolute Gasteiger partial charge is 0.445 e. The predicted molar refractivity (Wildman–Crippen MR) is 130 cm³/mol. The van der Waals surface area contributed by atoms with E-state index in [1.165, 1.54) is 12.1 Å². The van der Waals surface area contributed by atoms with E-state index in [0.717, 1.165) is 16.8 Å². The molecule has 0 aliphatic carbocycles. The van der Waals surface area contributed by atoms with Crippen LogP contribution in [0.2, 0.25) is 0 Å². The number of nitro benzene ring substituents is 1. The van der Waals surface area contributed by atoms with Crippen molar-refractivity contribution in [3.05, 3.63) is 106 Å². The van der Waals surface area contributed by atoms with Crippen molar-refractivity contribution in [2.24, 2.45) is 5.92 Å². The molecule has 8 nitrogen and oxygen atoms in total. The molecular formula is C26H29N3O5. The second-order valence-corrected chi connectivity index (χ2v) is 7.98. The summed E-state index contributed by atoms with van der Waals surface area (Å²) in [7, 11) is 0. The Labute approximate surface area is 199 Å². The Morgan fingerprint density at radius 3 is 2.09 bits per heavy atom. The van der Waals surface area contributed by atoms with Crippen LogP contribution in [0.25, 0.3) is 0 Å². The summed E-state index contributed by atoms with van der Waals surface area (Å²) < 4.78 is 11.2. The highest BCUT2D eigenvalue weighted by Crippen LogP contribution is 2.18. The van der Waals surface area contributed by atoms with Crippen LogP contribution in [-0.2, 0) is 22.7 Å². The Kier molecular flexibility index (Phi) is 9.42. The summed E-state index contributed by atoms with van der Waals surface area (Å²) in [5.41, 5.74) is 2.74. The first-order valence-corrected chi connectivity index (χ1v) is 11.1. The van der Waals surface area contributed by atoms with Crippen molar-refractivity contribution in [3.63, 3.8) is 0 Å². The van der Waals surface area contributed by atoms with Crippen LogP contribution in [0, 0.1) is 16.0 Å². The molecule has 0 heterocycles. The molecule has 1 amide bonds. The molecule has 0 aliphatic heterocycles. The second kappa shape index (κ2) is 13.0. The van der Waals surface area contributed by atoms with Crippen LogP contribution in [0.15, 0.2) is 84.9 Å². The van der Waals surface area contributed by atoms with Gasteiger partial charge in [-0.2, -0.15) is 0 Å². The zero-order valence-corrected chi connectivity index (χ0v) is 19.1. The smallest absolute Gasteiger partial charge is 0.407 e. The molecule has 0 bridgehead atoms. The number of benzene rings is 3. The van der Waals surface area contributed by atoms with Crippen molar-refractivity contribution in [2.45, 2.75) is 26.2 Å². The Hall–Kier alpha value is -3.91. The van der Waals surface area contributed by atoms with Crippen LogP contribution in [0.5, 0.6) is 0 Å². The molecule has 3 aromatic carbocycles. The maximum Gasteiger partial charge on any atom is 0.407 e. The molecule has 0 unspecified atom stereocenters. The van der Waals surface area contributed by atoms with Gasteiger partial charge in [0, 0.05) is 24.4 Å². The predicted octanol–water partition coefficient (Wildman–Crippen LogP) is 5.15. The minimum Gasteiger partial charge on any atom is -0.445 e. The molecule has 0 spiro atoms. The lowest BCUT2D eigenvalue weighted by molar-refractivity contribution is -0.384. The third-order valence-corrected chi connectivity index (χ3v) is 5.31. The molecule has 0 fully saturated rings. The van der Waals surface area contributed by atoms with Gasteiger partial charge in [0.25, 0.3) is 5.69 Å². The van der Waals surface area contributed by atoms with Gasteiger partial charge in [-0.1, -0.05) is 67.6 Å². The first-order chi connectivity index (χ1) is 16.5. The van der Waals surface area contributed by atoms with Gasteiger partial charge in [-0.3, -0.25) is 10.1 Å². The van der Waals surface area contributed by atoms with Gasteiger partial charge in [0.05, 0.1) is 24.2 Å². The normalized spacial score (nSPS) is 12.4. The van der Waals surface area contributed by atoms with Crippen LogP contribution in [-0.4, -0.2) is 30.2 Å². The number of carbonyl (C=O) groups excluding carboxylic acids is 1. The standard InChI is InChI=1S/C26H29N3O5/c1-20(16-27-26(30)34-18-22-10-6-3-7-11-22)25(19-33-17-21-8-4-2-5-9-21)28-23-12-14-24(15-13-23)29(31)32/h2-15,20,25,28H,16-19H2,1H3,(H,27,30)/t20-,25+/m0/s1. The molecule has 8 heteroatoms. The van der Waals surface area contributed by atoms with Gasteiger partial charge in [0.15, 0.2) is 0 Å². The number of anilines is 1. The van der Waals surface area contributed by atoms with Crippen molar-refractivity contribution in [2.75, 3.05) is 18.5 Å². The van der Waals surface area contributed by atoms with Gasteiger partial charge in [-0.25, -0.2) is 4.79 Å². The number of nitro groups is 1. The summed E-state index contributed by atoms with van der Waals surface area (Å²) in [5, 5.41) is 17.1. The van der Waals surface area contributed by atoms with Crippen molar-refractivity contribution >= 4 is 17.5 Å². The van der Waals surface area contributed by atoms with Crippen LogP contribution < -0.4 is 10.6 Å². The average Bonchev–Trinajstić information content (AvgIpc) is 2.87. The summed E-state index contributed by atoms with van der Waals surface area (Å²) in [6, 6.07) is 25.4. The van der Waals surface area contributed by atoms with E-state index in [2.05, 4.69) is 10.6 Å². The number of non-ortho nitro benzene ring substituents is 1. The van der Waals surface area contributed by atoms with Gasteiger partial charge in [0.2, 0.25) is 0 Å². The maximum atomic E-state index is 12.2. The number of hydrogen-bond acceptors (Lipinski definition) is 6. The first kappa shape index (κ1) is 24.7. The molecule has 0 aromatic heterocycles. The highest BCUT2D eigenvalue weighted by atomic mass is 16.6. The number of alkyl carbamates (subject to hydrolysis) is 1. The molecule has 3 aromatic rings. The van der Waals surface area contributed by atoms with Crippen LogP contribution in [0.1, 0.15) is 18.1 Å². The lowest BCUT2D eigenvalue weighted by Crippen LogP contribution is -2.39. The van der Waals surface area contributed by atoms with Crippen molar-refractivity contribution in [1.29, 1.82) is 0 Å². The molecule has 178 valence electrons. The molecule has 0 saturated carbocycles.